The van der Waals surface area contributed by atoms with Crippen molar-refractivity contribution in [3.8, 4) is 0 Å². The third-order valence-electron chi connectivity index (χ3n) is 4.53. The van der Waals surface area contributed by atoms with Gasteiger partial charge in [-0.25, -0.2) is 0 Å². The normalized spacial score (nSPS) is 17.3. The summed E-state index contributed by atoms with van der Waals surface area (Å²) >= 11 is 0. The van der Waals surface area contributed by atoms with Crippen molar-refractivity contribution >= 4 is 16.8 Å². The van der Waals surface area contributed by atoms with E-state index in [1.807, 2.05) is 53.9 Å². The summed E-state index contributed by atoms with van der Waals surface area (Å²) in [7, 11) is 1.92. The second-order valence-corrected chi connectivity index (χ2v) is 6.05. The summed E-state index contributed by atoms with van der Waals surface area (Å²) in [5.41, 5.74) is 3.86. The number of pyridine rings is 1. The molecule has 1 aliphatic rings. The first-order valence-electron chi connectivity index (χ1n) is 7.81. The Balaban J connectivity index is 1.68. The minimum atomic E-state index is -0.00274. The van der Waals surface area contributed by atoms with Crippen LogP contribution in [-0.4, -0.2) is 32.1 Å². The van der Waals surface area contributed by atoms with E-state index in [-0.39, 0.29) is 11.9 Å². The minimum absolute atomic E-state index is 0.00274. The topological polar surface area (TPSA) is 51.0 Å². The highest BCUT2D eigenvalue weighted by atomic mass is 16.2. The lowest BCUT2D eigenvalue weighted by molar-refractivity contribution is 0.0674. The molecule has 1 amide bonds. The van der Waals surface area contributed by atoms with E-state index in [9.17, 15) is 4.79 Å². The first-order valence-corrected chi connectivity index (χ1v) is 7.81. The fourth-order valence-electron chi connectivity index (χ4n) is 3.33. The Morgan fingerprint density at radius 2 is 2.17 bits per heavy atom. The van der Waals surface area contributed by atoms with Gasteiger partial charge in [0.1, 0.15) is 0 Å². The van der Waals surface area contributed by atoms with Gasteiger partial charge < -0.3 is 4.90 Å². The van der Waals surface area contributed by atoms with Crippen LogP contribution in [0.1, 0.15) is 34.6 Å². The van der Waals surface area contributed by atoms with Crippen LogP contribution in [0.2, 0.25) is 0 Å². The van der Waals surface area contributed by atoms with Crippen LogP contribution in [-0.2, 0) is 13.5 Å². The number of amides is 1. The van der Waals surface area contributed by atoms with Crippen LogP contribution >= 0.6 is 0 Å². The lowest BCUT2D eigenvalue weighted by Gasteiger charge is -2.32. The molecule has 3 aromatic rings. The Bertz CT molecular complexity index is 899. The monoisotopic (exact) mass is 306 g/mol. The highest BCUT2D eigenvalue weighted by Crippen LogP contribution is 2.29. The zero-order chi connectivity index (χ0) is 16.0. The molecule has 2 aromatic heterocycles. The fraction of sp³-hybridized carbons (Fsp3) is 0.278. The van der Waals surface area contributed by atoms with Gasteiger partial charge >= 0.3 is 0 Å². The summed E-state index contributed by atoms with van der Waals surface area (Å²) in [6.45, 7) is 2.77. The van der Waals surface area contributed by atoms with Crippen LogP contribution < -0.4 is 0 Å². The Morgan fingerprint density at radius 1 is 1.30 bits per heavy atom. The summed E-state index contributed by atoms with van der Waals surface area (Å²) in [6.07, 6.45) is 4.67. The summed E-state index contributed by atoms with van der Waals surface area (Å²) in [5.74, 6) is 0.0551. The third-order valence-corrected chi connectivity index (χ3v) is 4.53. The van der Waals surface area contributed by atoms with Crippen molar-refractivity contribution in [3.63, 3.8) is 0 Å². The van der Waals surface area contributed by atoms with Gasteiger partial charge in [0.25, 0.3) is 5.91 Å². The van der Waals surface area contributed by atoms with Crippen LogP contribution in [0.15, 0.2) is 42.7 Å². The maximum absolute atomic E-state index is 12.9. The van der Waals surface area contributed by atoms with Gasteiger partial charge in [-0.05, 0) is 43.2 Å². The third kappa shape index (κ3) is 2.29. The average molecular weight is 306 g/mol. The van der Waals surface area contributed by atoms with Gasteiger partial charge in [0, 0.05) is 36.9 Å². The van der Waals surface area contributed by atoms with Gasteiger partial charge in [-0.3, -0.25) is 14.5 Å². The second kappa shape index (κ2) is 5.19. The number of nitrogens with zero attached hydrogens (tertiary/aromatic N) is 4. The first kappa shape index (κ1) is 13.9. The molecular weight excluding hydrogens is 288 g/mol. The number of aromatic nitrogens is 3. The molecule has 1 unspecified atom stereocenters. The predicted molar refractivity (Wildman–Crippen MR) is 88.1 cm³/mol. The van der Waals surface area contributed by atoms with Crippen LogP contribution in [0.5, 0.6) is 0 Å². The molecule has 1 aliphatic heterocycles. The van der Waals surface area contributed by atoms with E-state index in [1.54, 1.807) is 6.20 Å². The molecule has 116 valence electrons. The molecule has 23 heavy (non-hydrogen) atoms. The molecule has 0 radical (unpaired) electrons. The molecule has 0 fully saturated rings. The SMILES string of the molecule is CC1c2nn(C)cc2CCN1C(=O)c1ccc2ncccc2c1. The Kier molecular flexibility index (Phi) is 3.15. The zero-order valence-electron chi connectivity index (χ0n) is 13.2. The molecule has 5 heteroatoms. The van der Waals surface area contributed by atoms with E-state index in [0.717, 1.165) is 29.6 Å². The molecule has 0 aliphatic carbocycles. The van der Waals surface area contributed by atoms with Crippen LogP contribution in [0.3, 0.4) is 0 Å². The van der Waals surface area contributed by atoms with Crippen molar-refractivity contribution in [1.29, 1.82) is 0 Å². The van der Waals surface area contributed by atoms with E-state index < -0.39 is 0 Å². The van der Waals surface area contributed by atoms with Gasteiger partial charge in [0.05, 0.1) is 17.3 Å². The number of benzene rings is 1. The van der Waals surface area contributed by atoms with E-state index in [1.165, 1.54) is 5.56 Å². The predicted octanol–water partition coefficient (Wildman–Crippen LogP) is 2.73. The number of hydrogen-bond donors (Lipinski definition) is 0. The fourth-order valence-corrected chi connectivity index (χ4v) is 3.33. The molecule has 1 aromatic carbocycles. The first-order chi connectivity index (χ1) is 11.1. The molecule has 4 rings (SSSR count). The summed E-state index contributed by atoms with van der Waals surface area (Å²) < 4.78 is 1.83. The Hall–Kier alpha value is -2.69. The van der Waals surface area contributed by atoms with Crippen molar-refractivity contribution in [1.82, 2.24) is 19.7 Å². The highest BCUT2D eigenvalue weighted by Gasteiger charge is 2.30. The van der Waals surface area contributed by atoms with E-state index in [2.05, 4.69) is 16.3 Å². The van der Waals surface area contributed by atoms with Crippen molar-refractivity contribution in [2.45, 2.75) is 19.4 Å². The molecule has 0 N–H and O–H groups in total. The lowest BCUT2D eigenvalue weighted by atomic mass is 10.00. The number of carbonyl (C=O) groups is 1. The van der Waals surface area contributed by atoms with E-state index >= 15 is 0 Å². The smallest absolute Gasteiger partial charge is 0.254 e. The molecule has 0 saturated carbocycles. The largest absolute Gasteiger partial charge is 0.330 e. The van der Waals surface area contributed by atoms with Gasteiger partial charge in [-0.1, -0.05) is 6.07 Å². The van der Waals surface area contributed by atoms with Crippen molar-refractivity contribution < 1.29 is 4.79 Å². The number of rotatable bonds is 1. The zero-order valence-corrected chi connectivity index (χ0v) is 13.2. The van der Waals surface area contributed by atoms with Crippen molar-refractivity contribution in [3.05, 3.63) is 59.5 Å². The average Bonchev–Trinajstić information content (AvgIpc) is 2.95. The van der Waals surface area contributed by atoms with Gasteiger partial charge in [-0.15, -0.1) is 0 Å². The number of carbonyl (C=O) groups excluding carboxylic acids is 1. The molecular formula is C18H18N4O. The van der Waals surface area contributed by atoms with E-state index in [4.69, 9.17) is 0 Å². The van der Waals surface area contributed by atoms with Gasteiger partial charge in [0.15, 0.2) is 0 Å². The summed E-state index contributed by atoms with van der Waals surface area (Å²) in [5, 5.41) is 5.51. The Morgan fingerprint density at radius 3 is 3.04 bits per heavy atom. The standard InChI is InChI=1S/C18H18N4O/c1-12-17-15(11-21(2)20-17)7-9-22(12)18(23)14-5-6-16-13(10-14)4-3-8-19-16/h3-6,8,10-12H,7,9H2,1-2H3. The number of hydrogen-bond acceptors (Lipinski definition) is 3. The molecule has 3 heterocycles. The van der Waals surface area contributed by atoms with Gasteiger partial charge in [-0.2, -0.15) is 5.10 Å². The maximum Gasteiger partial charge on any atom is 0.254 e. The quantitative estimate of drug-likeness (QED) is 0.694. The van der Waals surface area contributed by atoms with Crippen molar-refractivity contribution in [2.75, 3.05) is 6.54 Å². The van der Waals surface area contributed by atoms with Crippen LogP contribution in [0, 0.1) is 0 Å². The Labute approximate surface area is 134 Å². The number of aryl methyl sites for hydroxylation is 1. The molecule has 0 bridgehead atoms. The van der Waals surface area contributed by atoms with Gasteiger partial charge in [0.2, 0.25) is 0 Å². The molecule has 5 nitrogen and oxygen atoms in total. The minimum Gasteiger partial charge on any atom is -0.330 e. The second-order valence-electron chi connectivity index (χ2n) is 6.05. The molecule has 1 atom stereocenters. The highest BCUT2D eigenvalue weighted by molar-refractivity contribution is 5.98. The maximum atomic E-state index is 12.9. The summed E-state index contributed by atoms with van der Waals surface area (Å²) in [6, 6.07) is 9.56. The lowest BCUT2D eigenvalue weighted by Crippen LogP contribution is -2.38. The number of fused-ring (bicyclic) bond motifs is 2. The van der Waals surface area contributed by atoms with Crippen LogP contribution in [0.4, 0.5) is 0 Å². The van der Waals surface area contributed by atoms with E-state index in [0.29, 0.717) is 5.56 Å². The summed E-state index contributed by atoms with van der Waals surface area (Å²) in [4.78, 5) is 19.2. The van der Waals surface area contributed by atoms with Crippen molar-refractivity contribution in [2.24, 2.45) is 7.05 Å². The van der Waals surface area contributed by atoms with Crippen LogP contribution in [0.25, 0.3) is 10.9 Å². The molecule has 0 spiro atoms. The molecule has 0 saturated heterocycles.